The number of nitrogens with zero attached hydrogens (tertiary/aromatic N) is 12. The van der Waals surface area contributed by atoms with Crippen LogP contribution in [0.15, 0.2) is 52.5 Å². The molecule has 88 heavy (non-hydrogen) atoms. The number of ether oxygens (including phenoxy) is 2. The molecular weight excluding hydrogens is 1150 g/mol. The molecule has 5 amide bonds. The van der Waals surface area contributed by atoms with Crippen LogP contribution in [0.5, 0.6) is 11.5 Å². The number of carbonyl (C=O) groups excluding carboxylic acids is 4. The lowest BCUT2D eigenvalue weighted by Crippen LogP contribution is -2.52. The highest BCUT2D eigenvalue weighted by molar-refractivity contribution is 6.33. The van der Waals surface area contributed by atoms with Gasteiger partial charge in [0.1, 0.15) is 10.8 Å². The van der Waals surface area contributed by atoms with Crippen LogP contribution in [0.25, 0.3) is 16.5 Å². The van der Waals surface area contributed by atoms with Crippen molar-refractivity contribution in [2.24, 2.45) is 29.6 Å². The number of methoxy groups -OCH3 is 1. The predicted octanol–water partition coefficient (Wildman–Crippen LogP) is 6.56. The molecule has 0 saturated carbocycles. The summed E-state index contributed by atoms with van der Waals surface area (Å²) < 4.78 is 44.5. The highest BCUT2D eigenvalue weighted by atomic mass is 35.5. The number of likely N-dealkylation sites (tertiary alicyclic amines) is 3. The lowest BCUT2D eigenvalue weighted by atomic mass is 9.90. The summed E-state index contributed by atoms with van der Waals surface area (Å²) in [4.78, 5) is 92.2. The number of benzene rings is 2. The normalized spacial score (nSPS) is 18.7. The van der Waals surface area contributed by atoms with Crippen LogP contribution in [-0.2, 0) is 40.8 Å². The number of rotatable bonds is 15. The molecule has 4 fully saturated rings. The van der Waals surface area contributed by atoms with E-state index < -0.39 is 12.0 Å². The molecule has 0 bridgehead atoms. The molecule has 0 aliphatic carbocycles. The van der Waals surface area contributed by atoms with E-state index in [-0.39, 0.29) is 59.6 Å². The fourth-order valence-corrected chi connectivity index (χ4v) is 14.0. The van der Waals surface area contributed by atoms with Gasteiger partial charge in [-0.15, -0.1) is 0 Å². The monoisotopic (exact) mass is 1230 g/mol. The van der Waals surface area contributed by atoms with E-state index in [9.17, 15) is 32.8 Å². The van der Waals surface area contributed by atoms with Gasteiger partial charge in [0.05, 0.1) is 31.4 Å². The second-order valence-corrected chi connectivity index (χ2v) is 24.1. The van der Waals surface area contributed by atoms with Crippen LogP contribution in [0, 0.1) is 11.8 Å². The Morgan fingerprint density at radius 2 is 1.51 bits per heavy atom. The third-order valence-corrected chi connectivity index (χ3v) is 19.0. The summed E-state index contributed by atoms with van der Waals surface area (Å²) in [6.45, 7) is 6.64. The predicted molar refractivity (Wildman–Crippen MR) is 333 cm³/mol. The lowest BCUT2D eigenvalue weighted by Gasteiger charge is -2.43. The summed E-state index contributed by atoms with van der Waals surface area (Å²) in [6, 6.07) is 8.71. The molecule has 5 aromatic rings. The molecule has 3 aromatic heterocycles. The lowest BCUT2D eigenvalue weighted by molar-refractivity contribution is -0.140. The van der Waals surface area contributed by atoms with Gasteiger partial charge in [-0.05, 0) is 113 Å². The van der Waals surface area contributed by atoms with Crippen molar-refractivity contribution in [3.63, 3.8) is 0 Å². The van der Waals surface area contributed by atoms with E-state index in [2.05, 4.69) is 45.3 Å². The number of halogens is 3. The number of nitrogens with one attached hydrogen (secondary N) is 3. The van der Waals surface area contributed by atoms with Crippen molar-refractivity contribution in [3.8, 4) is 11.5 Å². The van der Waals surface area contributed by atoms with Gasteiger partial charge < -0.3 is 65.1 Å². The number of urea groups is 1. The second-order valence-electron chi connectivity index (χ2n) is 23.7. The third kappa shape index (κ3) is 12.5. The standard InChI is InChI=1S/C62H79ClF2N16O7/c1-67-33-41(32-66)45-28-39-7-6-17-80(50(39)31-46(45)55(64)65)57-47-35-79(62(86)69-3)26-16-49(47)81(73-57)44-14-24-77(25-15-44)58(83)37-8-18-75(19-9-37)43-12-22-76(23-13-43)59(84)38-10-20-78(21-11-38)61-70-34-48(63)56(72-61)71-42-27-40-29-52(88-36-53(82)68-2)60(85)74(4)54(40)51(30-42)87-5/h27-34,37-38,43-44,55H,6-26,35-36,66H2,1-5H3,(H,68,82)(H,69,86)(H,70,71,72). The third-order valence-electron chi connectivity index (χ3n) is 18.7. The summed E-state index contributed by atoms with van der Waals surface area (Å²) in [6.07, 6.45) is 9.85. The topological polar surface area (TPSA) is 246 Å². The van der Waals surface area contributed by atoms with Crippen molar-refractivity contribution in [2.75, 3.05) is 115 Å². The number of aliphatic imine (C=N–C) groups is 1. The van der Waals surface area contributed by atoms with Gasteiger partial charge in [-0.2, -0.15) is 10.1 Å². The Morgan fingerprint density at radius 3 is 2.15 bits per heavy atom. The molecule has 6 aliphatic rings. The molecule has 470 valence electrons. The zero-order valence-corrected chi connectivity index (χ0v) is 51.5. The highest BCUT2D eigenvalue weighted by Gasteiger charge is 2.39. The Kier molecular flexibility index (Phi) is 18.7. The molecule has 11 rings (SSSR count). The maximum Gasteiger partial charge on any atom is 0.317 e. The molecule has 0 radical (unpaired) electrons. The second kappa shape index (κ2) is 26.7. The maximum atomic E-state index is 14.8. The Labute approximate surface area is 515 Å². The minimum absolute atomic E-state index is 0.0121. The van der Waals surface area contributed by atoms with Crippen molar-refractivity contribution < 1.29 is 37.4 Å². The molecule has 26 heteroatoms. The number of carbonyl (C=O) groups is 4. The largest absolute Gasteiger partial charge is 0.494 e. The van der Waals surface area contributed by atoms with E-state index in [1.165, 1.54) is 31.1 Å². The first-order chi connectivity index (χ1) is 42.6. The van der Waals surface area contributed by atoms with Crippen molar-refractivity contribution in [2.45, 2.75) is 95.7 Å². The summed E-state index contributed by atoms with van der Waals surface area (Å²) in [7, 11) is 7.81. The molecule has 0 atom stereocenters. The minimum Gasteiger partial charge on any atom is -0.494 e. The van der Waals surface area contributed by atoms with Crippen LogP contribution < -0.4 is 46.5 Å². The number of piperidine rings is 4. The first-order valence-electron chi connectivity index (χ1n) is 30.6. The van der Waals surface area contributed by atoms with E-state index in [1.54, 1.807) is 50.4 Å². The number of amides is 5. The van der Waals surface area contributed by atoms with Gasteiger partial charge in [0.25, 0.3) is 17.9 Å². The molecule has 0 spiro atoms. The van der Waals surface area contributed by atoms with Gasteiger partial charge in [-0.1, -0.05) is 11.6 Å². The van der Waals surface area contributed by atoms with Gasteiger partial charge in [0.2, 0.25) is 17.8 Å². The quantitative estimate of drug-likeness (QED) is 0.0811. The summed E-state index contributed by atoms with van der Waals surface area (Å²) >= 11 is 6.65. The van der Waals surface area contributed by atoms with E-state index in [1.807, 2.05) is 21.9 Å². The maximum absolute atomic E-state index is 14.8. The zero-order valence-electron chi connectivity index (χ0n) is 50.7. The van der Waals surface area contributed by atoms with Crippen LogP contribution in [0.3, 0.4) is 0 Å². The summed E-state index contributed by atoms with van der Waals surface area (Å²) in [5.74, 6) is 1.86. The smallest absolute Gasteiger partial charge is 0.317 e. The van der Waals surface area contributed by atoms with Crippen LogP contribution in [0.4, 0.5) is 42.5 Å². The van der Waals surface area contributed by atoms with E-state index in [0.717, 1.165) is 74.9 Å². The first kappa shape index (κ1) is 61.6. The van der Waals surface area contributed by atoms with Crippen LogP contribution >= 0.6 is 11.6 Å². The number of allylic oxidation sites excluding steroid dienone is 1. The molecule has 9 heterocycles. The number of hydrogen-bond donors (Lipinski definition) is 4. The number of pyridine rings is 1. The molecule has 23 nitrogen and oxygen atoms in total. The van der Waals surface area contributed by atoms with Gasteiger partial charge in [0, 0.05) is 162 Å². The fraction of sp³-hybridized carbons (Fsp3) is 0.532. The number of anilines is 5. The van der Waals surface area contributed by atoms with Crippen LogP contribution in [-0.4, -0.2) is 180 Å². The van der Waals surface area contributed by atoms with Crippen molar-refractivity contribution in [1.29, 1.82) is 0 Å². The van der Waals surface area contributed by atoms with Gasteiger partial charge in [0.15, 0.2) is 24.0 Å². The van der Waals surface area contributed by atoms with Crippen LogP contribution in [0.1, 0.15) is 98.2 Å². The molecule has 5 N–H and O–H groups in total. The van der Waals surface area contributed by atoms with Crippen molar-refractivity contribution in [3.05, 3.63) is 86.1 Å². The van der Waals surface area contributed by atoms with Crippen molar-refractivity contribution in [1.82, 2.24) is 54.5 Å². The molecular formula is C62H79ClF2N16O7. The average molecular weight is 1230 g/mol. The highest BCUT2D eigenvalue weighted by Crippen LogP contribution is 2.44. The summed E-state index contributed by atoms with van der Waals surface area (Å²) in [5.41, 5.74) is 10.8. The zero-order chi connectivity index (χ0) is 61.9. The Bertz CT molecular complexity index is 3560. The molecule has 6 aliphatic heterocycles. The van der Waals surface area contributed by atoms with Gasteiger partial charge >= 0.3 is 6.03 Å². The first-order valence-corrected chi connectivity index (χ1v) is 31.0. The van der Waals surface area contributed by atoms with E-state index in [0.29, 0.717) is 152 Å². The average Bonchev–Trinajstić information content (AvgIpc) is 1.57. The Balaban J connectivity index is 0.659. The minimum atomic E-state index is -2.75. The number of aryl methyl sites for hydroxylation is 2. The Morgan fingerprint density at radius 1 is 0.830 bits per heavy atom. The van der Waals surface area contributed by atoms with E-state index in [4.69, 9.17) is 36.9 Å². The number of nitrogens with two attached hydrogens (primary N) is 1. The molecule has 2 aromatic carbocycles. The number of aromatic nitrogens is 5. The number of fused-ring (bicyclic) bond motifs is 3. The molecule has 0 unspecified atom stereocenters. The number of likely N-dealkylation sites (N-methyl/N-ethyl adjacent to an activating group) is 1. The van der Waals surface area contributed by atoms with Gasteiger partial charge in [-0.3, -0.25) is 28.9 Å². The number of hydrogen-bond acceptors (Lipinski definition) is 16. The van der Waals surface area contributed by atoms with Crippen LogP contribution in [0.2, 0.25) is 5.02 Å². The molecule has 4 saturated heterocycles. The van der Waals surface area contributed by atoms with Crippen molar-refractivity contribution >= 4 is 87.0 Å². The number of alkyl halides is 2. The summed E-state index contributed by atoms with van der Waals surface area (Å²) in [5, 5.41) is 14.8. The Hall–Kier alpha value is -8.06. The van der Waals surface area contributed by atoms with E-state index >= 15 is 0 Å². The fourth-order valence-electron chi connectivity index (χ4n) is 13.9. The SMILES string of the molecule is CN=CC(=CN)c1cc2c(cc1C(F)F)N(c1nn(C3CCN(C(=O)C4CCN(C5CCN(C(=O)C6CCN(c7ncc(Cl)c(Nc8cc(OC)c9c(c8)cc(OCC(=O)NC)c(=O)n9C)n7)CC6)CC5)CC4)CC3)c3c1CN(C(=O)NC)CC3)CCC2. The van der Waals surface area contributed by atoms with Gasteiger partial charge in [-0.25, -0.2) is 18.6 Å².